The van der Waals surface area contributed by atoms with Crippen molar-refractivity contribution in [1.82, 2.24) is 15.3 Å². The largest absolute Gasteiger partial charge is 0.304 e. The Bertz CT molecular complexity index is 158. The predicted molar refractivity (Wildman–Crippen MR) is 67.2 cm³/mol. The highest BCUT2D eigenvalue weighted by Gasteiger charge is 2.15. The lowest BCUT2D eigenvalue weighted by atomic mass is 10.2. The van der Waals surface area contributed by atoms with E-state index in [0.29, 0.717) is 0 Å². The monoisotopic (exact) mass is 229 g/mol. The molecule has 0 aromatic rings. The van der Waals surface area contributed by atoms with Gasteiger partial charge in [-0.3, -0.25) is 4.90 Å². The van der Waals surface area contributed by atoms with E-state index in [2.05, 4.69) is 22.2 Å². The van der Waals surface area contributed by atoms with Gasteiger partial charge in [0.1, 0.15) is 0 Å². The highest BCUT2D eigenvalue weighted by Crippen LogP contribution is 2.05. The summed E-state index contributed by atoms with van der Waals surface area (Å²) in [6.45, 7) is 9.12. The van der Waals surface area contributed by atoms with Crippen LogP contribution in [0.2, 0.25) is 0 Å². The molecule has 0 aliphatic carbocycles. The highest BCUT2D eigenvalue weighted by atomic mass is 16.6. The van der Waals surface area contributed by atoms with Crippen molar-refractivity contribution in [2.45, 2.75) is 32.6 Å². The molecule has 0 aromatic heterocycles. The van der Waals surface area contributed by atoms with E-state index in [0.717, 1.165) is 19.8 Å². The van der Waals surface area contributed by atoms with Gasteiger partial charge in [-0.25, -0.2) is 0 Å². The average molecular weight is 229 g/mol. The molecule has 16 heavy (non-hydrogen) atoms. The van der Waals surface area contributed by atoms with Crippen LogP contribution >= 0.6 is 0 Å². The van der Waals surface area contributed by atoms with Crippen LogP contribution in [0.5, 0.6) is 0 Å². The van der Waals surface area contributed by atoms with E-state index < -0.39 is 0 Å². The summed E-state index contributed by atoms with van der Waals surface area (Å²) in [5.41, 5.74) is 2.90. The Hall–Kier alpha value is -0.160. The summed E-state index contributed by atoms with van der Waals surface area (Å²) < 4.78 is 0. The minimum atomic E-state index is 0.847. The van der Waals surface area contributed by atoms with E-state index in [1.807, 2.05) is 0 Å². The number of nitrogens with one attached hydrogen (secondary N) is 1. The summed E-state index contributed by atoms with van der Waals surface area (Å²) in [5.74, 6) is 0. The molecule has 1 heterocycles. The maximum absolute atomic E-state index is 4.86. The fourth-order valence-corrected chi connectivity index (χ4v) is 2.09. The van der Waals surface area contributed by atoms with Crippen molar-refractivity contribution in [2.24, 2.45) is 0 Å². The maximum Gasteiger partial charge on any atom is 0.0726 e. The second kappa shape index (κ2) is 8.93. The Morgan fingerprint density at radius 2 is 1.69 bits per heavy atom. The molecule has 4 heteroatoms. The topological polar surface area (TPSA) is 27.7 Å². The van der Waals surface area contributed by atoms with Gasteiger partial charge in [0.25, 0.3) is 0 Å². The van der Waals surface area contributed by atoms with Crippen LogP contribution in [0, 0.1) is 0 Å². The van der Waals surface area contributed by atoms with Crippen LogP contribution in [0.3, 0.4) is 0 Å². The lowest BCUT2D eigenvalue weighted by molar-refractivity contribution is 0.0284. The molecule has 0 unspecified atom stereocenters. The van der Waals surface area contributed by atoms with Gasteiger partial charge in [-0.2, -0.15) is 5.48 Å². The molecule has 0 atom stereocenters. The first-order valence-corrected chi connectivity index (χ1v) is 6.57. The first kappa shape index (κ1) is 13.9. The SMILES string of the molecule is CCCCCCN1CCN(CNOC)CC1. The molecular formula is C12H27N3O. The fourth-order valence-electron chi connectivity index (χ4n) is 2.09. The quantitative estimate of drug-likeness (QED) is 0.501. The van der Waals surface area contributed by atoms with Gasteiger partial charge >= 0.3 is 0 Å². The molecular weight excluding hydrogens is 202 g/mol. The minimum absolute atomic E-state index is 0.847. The molecule has 1 aliphatic heterocycles. The summed E-state index contributed by atoms with van der Waals surface area (Å²) in [5, 5.41) is 0. The first-order chi connectivity index (χ1) is 7.86. The molecule has 4 nitrogen and oxygen atoms in total. The Labute approximate surface area is 99.9 Å². The molecule has 0 radical (unpaired) electrons. The summed E-state index contributed by atoms with van der Waals surface area (Å²) >= 11 is 0. The third-order valence-corrected chi connectivity index (χ3v) is 3.23. The van der Waals surface area contributed by atoms with Crippen molar-refractivity contribution in [2.75, 3.05) is 46.5 Å². The Balaban J connectivity index is 1.98. The lowest BCUT2D eigenvalue weighted by Crippen LogP contribution is -2.49. The molecule has 0 spiro atoms. The first-order valence-electron chi connectivity index (χ1n) is 6.57. The van der Waals surface area contributed by atoms with Gasteiger partial charge in [-0.1, -0.05) is 26.2 Å². The predicted octanol–water partition coefficient (Wildman–Crippen LogP) is 1.29. The van der Waals surface area contributed by atoms with Crippen molar-refractivity contribution in [3.63, 3.8) is 0 Å². The van der Waals surface area contributed by atoms with Gasteiger partial charge in [0, 0.05) is 26.2 Å². The maximum atomic E-state index is 4.86. The van der Waals surface area contributed by atoms with Crippen molar-refractivity contribution in [3.8, 4) is 0 Å². The summed E-state index contributed by atoms with van der Waals surface area (Å²) in [7, 11) is 1.67. The standard InChI is InChI=1S/C12H27N3O/c1-3-4-5-6-7-14-8-10-15(11-9-14)12-13-16-2/h13H,3-12H2,1-2H3. The van der Waals surface area contributed by atoms with Crippen molar-refractivity contribution in [1.29, 1.82) is 0 Å². The molecule has 0 saturated carbocycles. The Morgan fingerprint density at radius 3 is 2.31 bits per heavy atom. The van der Waals surface area contributed by atoms with E-state index in [-0.39, 0.29) is 0 Å². The molecule has 0 aromatic carbocycles. The number of hydrogen-bond acceptors (Lipinski definition) is 4. The zero-order chi connectivity index (χ0) is 11.6. The normalized spacial score (nSPS) is 19.1. The summed E-state index contributed by atoms with van der Waals surface area (Å²) in [4.78, 5) is 9.84. The molecule has 1 fully saturated rings. The fraction of sp³-hybridized carbons (Fsp3) is 1.00. The van der Waals surface area contributed by atoms with Gasteiger partial charge in [0.15, 0.2) is 0 Å². The van der Waals surface area contributed by atoms with Crippen LogP contribution in [0.25, 0.3) is 0 Å². The van der Waals surface area contributed by atoms with Gasteiger partial charge in [0.2, 0.25) is 0 Å². The molecule has 96 valence electrons. The number of piperazine rings is 1. The van der Waals surface area contributed by atoms with Gasteiger partial charge < -0.3 is 9.74 Å². The molecule has 0 bridgehead atoms. The summed E-state index contributed by atoms with van der Waals surface area (Å²) in [6, 6.07) is 0. The number of rotatable bonds is 8. The van der Waals surface area contributed by atoms with E-state index in [1.54, 1.807) is 7.11 Å². The molecule has 0 amide bonds. The second-order valence-electron chi connectivity index (χ2n) is 4.53. The summed E-state index contributed by atoms with van der Waals surface area (Å²) in [6.07, 6.45) is 5.47. The zero-order valence-electron chi connectivity index (χ0n) is 10.9. The van der Waals surface area contributed by atoms with Crippen LogP contribution in [0.1, 0.15) is 32.6 Å². The van der Waals surface area contributed by atoms with Crippen LogP contribution in [-0.2, 0) is 4.84 Å². The minimum Gasteiger partial charge on any atom is -0.304 e. The zero-order valence-corrected chi connectivity index (χ0v) is 10.9. The van der Waals surface area contributed by atoms with Crippen LogP contribution in [0.15, 0.2) is 0 Å². The van der Waals surface area contributed by atoms with Gasteiger partial charge in [-0.05, 0) is 13.0 Å². The van der Waals surface area contributed by atoms with E-state index in [9.17, 15) is 0 Å². The van der Waals surface area contributed by atoms with E-state index in [1.165, 1.54) is 45.3 Å². The van der Waals surface area contributed by atoms with Gasteiger partial charge in [-0.15, -0.1) is 0 Å². The van der Waals surface area contributed by atoms with Crippen LogP contribution in [0.4, 0.5) is 0 Å². The highest BCUT2D eigenvalue weighted by molar-refractivity contribution is 4.70. The van der Waals surface area contributed by atoms with E-state index >= 15 is 0 Å². The molecule has 1 rings (SSSR count). The van der Waals surface area contributed by atoms with E-state index in [4.69, 9.17) is 4.84 Å². The molecule has 1 saturated heterocycles. The third kappa shape index (κ3) is 5.80. The Kier molecular flexibility index (Phi) is 7.76. The number of hydroxylamine groups is 1. The average Bonchev–Trinajstić information content (AvgIpc) is 2.33. The van der Waals surface area contributed by atoms with Crippen molar-refractivity contribution < 1.29 is 4.84 Å². The second-order valence-corrected chi connectivity index (χ2v) is 4.53. The lowest BCUT2D eigenvalue weighted by Gasteiger charge is -2.34. The van der Waals surface area contributed by atoms with Crippen molar-refractivity contribution in [3.05, 3.63) is 0 Å². The van der Waals surface area contributed by atoms with Gasteiger partial charge in [0.05, 0.1) is 13.8 Å². The molecule has 1 N–H and O–H groups in total. The third-order valence-electron chi connectivity index (χ3n) is 3.23. The van der Waals surface area contributed by atoms with Crippen molar-refractivity contribution >= 4 is 0 Å². The number of hydrogen-bond donors (Lipinski definition) is 1. The van der Waals surface area contributed by atoms with Crippen LogP contribution in [-0.4, -0.2) is 56.3 Å². The van der Waals surface area contributed by atoms with Crippen LogP contribution < -0.4 is 5.48 Å². The number of nitrogens with zero attached hydrogens (tertiary/aromatic N) is 2. The smallest absolute Gasteiger partial charge is 0.0726 e. The molecule has 1 aliphatic rings. The Morgan fingerprint density at radius 1 is 1.00 bits per heavy atom. The number of unbranched alkanes of at least 4 members (excludes halogenated alkanes) is 3.